The first-order chi connectivity index (χ1) is 12.2. The van der Waals surface area contributed by atoms with Crippen molar-refractivity contribution in [2.75, 3.05) is 46.4 Å². The normalized spacial score (nSPS) is 15.5. The van der Waals surface area contributed by atoms with E-state index < -0.39 is 0 Å². The standard InChI is InChI=1S/C17H29N5O3.HI/c1-3-18-17(19-8-5-4-6-16(23)24-2)22-11-9-21(10-12-22)14-15-7-13-25-20-15;/h7,13H,3-6,8-12,14H2,1-2H3,(H,18,19);1H. The Bertz CT molecular complexity index is 531. The third-order valence-corrected chi connectivity index (χ3v) is 4.16. The number of halogens is 1. The van der Waals surface area contributed by atoms with Gasteiger partial charge in [-0.15, -0.1) is 24.0 Å². The Morgan fingerprint density at radius 2 is 2.12 bits per heavy atom. The maximum Gasteiger partial charge on any atom is 0.305 e. The molecule has 2 rings (SSSR count). The van der Waals surface area contributed by atoms with Crippen LogP contribution in [-0.2, 0) is 16.1 Å². The molecule has 0 spiro atoms. The molecule has 9 heteroatoms. The predicted octanol–water partition coefficient (Wildman–Crippen LogP) is 1.72. The number of carbonyl (C=O) groups excluding carboxylic acids is 1. The van der Waals surface area contributed by atoms with E-state index in [1.54, 1.807) is 6.26 Å². The average molecular weight is 479 g/mol. The van der Waals surface area contributed by atoms with Crippen molar-refractivity contribution >= 4 is 35.9 Å². The minimum Gasteiger partial charge on any atom is -0.469 e. The summed E-state index contributed by atoms with van der Waals surface area (Å²) in [6.45, 7) is 8.29. The van der Waals surface area contributed by atoms with Crippen LogP contribution in [-0.4, -0.2) is 73.3 Å². The fourth-order valence-corrected chi connectivity index (χ4v) is 2.76. The van der Waals surface area contributed by atoms with Crippen molar-refractivity contribution in [3.8, 4) is 0 Å². The van der Waals surface area contributed by atoms with Gasteiger partial charge in [-0.3, -0.25) is 14.7 Å². The van der Waals surface area contributed by atoms with E-state index in [0.717, 1.165) is 70.3 Å². The van der Waals surface area contributed by atoms with Crippen LogP contribution < -0.4 is 5.32 Å². The van der Waals surface area contributed by atoms with E-state index in [2.05, 4.69) is 31.9 Å². The first kappa shape index (κ1) is 22.7. The number of rotatable bonds is 8. The van der Waals surface area contributed by atoms with Crippen LogP contribution in [0.25, 0.3) is 0 Å². The number of methoxy groups -OCH3 is 1. The maximum absolute atomic E-state index is 11.1. The predicted molar refractivity (Wildman–Crippen MR) is 111 cm³/mol. The summed E-state index contributed by atoms with van der Waals surface area (Å²) in [4.78, 5) is 20.5. The van der Waals surface area contributed by atoms with Gasteiger partial charge in [0.15, 0.2) is 5.96 Å². The van der Waals surface area contributed by atoms with Gasteiger partial charge in [0.1, 0.15) is 6.26 Å². The van der Waals surface area contributed by atoms with Crippen LogP contribution in [0.2, 0.25) is 0 Å². The van der Waals surface area contributed by atoms with Gasteiger partial charge in [0.2, 0.25) is 0 Å². The van der Waals surface area contributed by atoms with Crippen molar-refractivity contribution < 1.29 is 14.1 Å². The molecule has 1 aliphatic heterocycles. The number of piperazine rings is 1. The molecule has 1 fully saturated rings. The topological polar surface area (TPSA) is 83.2 Å². The molecule has 2 heterocycles. The lowest BCUT2D eigenvalue weighted by Gasteiger charge is -2.36. The second kappa shape index (κ2) is 12.9. The number of ether oxygens (including phenoxy) is 1. The van der Waals surface area contributed by atoms with E-state index in [0.29, 0.717) is 6.42 Å². The van der Waals surface area contributed by atoms with Crippen LogP contribution in [0.3, 0.4) is 0 Å². The molecule has 0 amide bonds. The first-order valence-electron chi connectivity index (χ1n) is 8.94. The van der Waals surface area contributed by atoms with Crippen LogP contribution in [0, 0.1) is 0 Å². The highest BCUT2D eigenvalue weighted by atomic mass is 127. The Morgan fingerprint density at radius 1 is 1.35 bits per heavy atom. The molecule has 0 radical (unpaired) electrons. The van der Waals surface area contributed by atoms with Crippen LogP contribution in [0.5, 0.6) is 0 Å². The zero-order valence-corrected chi connectivity index (χ0v) is 18.0. The number of unbranched alkanes of at least 4 members (excludes halogenated alkanes) is 1. The van der Waals surface area contributed by atoms with Gasteiger partial charge in [-0.2, -0.15) is 0 Å². The molecule has 0 aliphatic carbocycles. The smallest absolute Gasteiger partial charge is 0.305 e. The summed E-state index contributed by atoms with van der Waals surface area (Å²) in [7, 11) is 1.42. The lowest BCUT2D eigenvalue weighted by Crippen LogP contribution is -2.52. The van der Waals surface area contributed by atoms with Crippen LogP contribution in [0.1, 0.15) is 31.9 Å². The molecule has 0 unspecified atom stereocenters. The number of aliphatic imine (C=N–C) groups is 1. The summed E-state index contributed by atoms with van der Waals surface area (Å²) in [6, 6.07) is 1.91. The Morgan fingerprint density at radius 3 is 2.73 bits per heavy atom. The van der Waals surface area contributed by atoms with Crippen LogP contribution in [0.4, 0.5) is 0 Å². The Labute approximate surface area is 172 Å². The lowest BCUT2D eigenvalue weighted by atomic mass is 10.2. The summed E-state index contributed by atoms with van der Waals surface area (Å²) >= 11 is 0. The monoisotopic (exact) mass is 479 g/mol. The number of esters is 1. The molecular weight excluding hydrogens is 449 g/mol. The highest BCUT2D eigenvalue weighted by Crippen LogP contribution is 2.07. The summed E-state index contributed by atoms with van der Waals surface area (Å²) in [5, 5.41) is 7.33. The fraction of sp³-hybridized carbons (Fsp3) is 0.706. The Kier molecular flexibility index (Phi) is 11.3. The van der Waals surface area contributed by atoms with Crippen molar-refractivity contribution in [1.82, 2.24) is 20.3 Å². The molecule has 1 saturated heterocycles. The Hall–Kier alpha value is -1.36. The molecule has 1 N–H and O–H groups in total. The van der Waals surface area contributed by atoms with Gasteiger partial charge < -0.3 is 19.5 Å². The summed E-state index contributed by atoms with van der Waals surface area (Å²) in [5.41, 5.74) is 0.972. The molecule has 0 saturated carbocycles. The van der Waals surface area contributed by atoms with Crippen molar-refractivity contribution in [3.05, 3.63) is 18.0 Å². The summed E-state index contributed by atoms with van der Waals surface area (Å²) in [6.07, 6.45) is 3.77. The molecule has 1 aliphatic rings. The molecule has 148 valence electrons. The molecule has 8 nitrogen and oxygen atoms in total. The van der Waals surface area contributed by atoms with Gasteiger partial charge in [-0.05, 0) is 19.8 Å². The van der Waals surface area contributed by atoms with Crippen molar-refractivity contribution in [2.24, 2.45) is 4.99 Å². The van der Waals surface area contributed by atoms with Crippen molar-refractivity contribution in [3.63, 3.8) is 0 Å². The molecule has 0 aromatic carbocycles. The SMILES string of the molecule is CCNC(=NCCCCC(=O)OC)N1CCN(Cc2ccon2)CC1.I. The van der Waals surface area contributed by atoms with Gasteiger partial charge >= 0.3 is 5.97 Å². The molecule has 0 atom stereocenters. The minimum absolute atomic E-state index is 0. The van der Waals surface area contributed by atoms with Gasteiger partial charge in [0.05, 0.1) is 12.8 Å². The second-order valence-electron chi connectivity index (χ2n) is 6.02. The third-order valence-electron chi connectivity index (χ3n) is 4.16. The maximum atomic E-state index is 11.1. The van der Waals surface area contributed by atoms with Crippen LogP contribution >= 0.6 is 24.0 Å². The van der Waals surface area contributed by atoms with Gasteiger partial charge in [0, 0.05) is 58.3 Å². The molecule has 0 bridgehead atoms. The number of nitrogens with zero attached hydrogens (tertiary/aromatic N) is 4. The number of carbonyl (C=O) groups is 1. The van der Waals surface area contributed by atoms with Gasteiger partial charge in [-0.1, -0.05) is 5.16 Å². The van der Waals surface area contributed by atoms with E-state index in [1.165, 1.54) is 7.11 Å². The van der Waals surface area contributed by atoms with E-state index in [4.69, 9.17) is 9.52 Å². The number of hydrogen-bond donors (Lipinski definition) is 1. The van der Waals surface area contributed by atoms with Crippen molar-refractivity contribution in [1.29, 1.82) is 0 Å². The number of aromatic nitrogens is 1. The summed E-state index contributed by atoms with van der Waals surface area (Å²) in [5.74, 6) is 0.806. The second-order valence-corrected chi connectivity index (χ2v) is 6.02. The molecule has 1 aromatic rings. The number of nitrogens with one attached hydrogen (secondary N) is 1. The van der Waals surface area contributed by atoms with E-state index in [-0.39, 0.29) is 29.9 Å². The lowest BCUT2D eigenvalue weighted by molar-refractivity contribution is -0.140. The molecular formula is C17H30IN5O3. The third kappa shape index (κ3) is 7.90. The Balaban J connectivity index is 0.00000338. The average Bonchev–Trinajstić information content (AvgIpc) is 3.14. The fourth-order valence-electron chi connectivity index (χ4n) is 2.76. The molecule has 1 aromatic heterocycles. The van der Waals surface area contributed by atoms with E-state index >= 15 is 0 Å². The van der Waals surface area contributed by atoms with E-state index in [1.807, 2.05) is 6.07 Å². The highest BCUT2D eigenvalue weighted by Gasteiger charge is 2.20. The number of guanidine groups is 1. The highest BCUT2D eigenvalue weighted by molar-refractivity contribution is 14.0. The van der Waals surface area contributed by atoms with Gasteiger partial charge in [-0.25, -0.2) is 0 Å². The quantitative estimate of drug-likeness (QED) is 0.200. The largest absolute Gasteiger partial charge is 0.469 e. The minimum atomic E-state index is -0.154. The number of hydrogen-bond acceptors (Lipinski definition) is 6. The zero-order chi connectivity index (χ0) is 17.9. The first-order valence-corrected chi connectivity index (χ1v) is 8.94. The summed E-state index contributed by atoms with van der Waals surface area (Å²) < 4.78 is 9.54. The zero-order valence-electron chi connectivity index (χ0n) is 15.6. The van der Waals surface area contributed by atoms with E-state index in [9.17, 15) is 4.79 Å². The van der Waals surface area contributed by atoms with Crippen LogP contribution in [0.15, 0.2) is 21.8 Å². The van der Waals surface area contributed by atoms with Crippen molar-refractivity contribution in [2.45, 2.75) is 32.7 Å². The molecule has 26 heavy (non-hydrogen) atoms. The van der Waals surface area contributed by atoms with Gasteiger partial charge in [0.25, 0.3) is 0 Å².